The maximum Gasteiger partial charge on any atom is 0.290 e. The summed E-state index contributed by atoms with van der Waals surface area (Å²) in [5, 5.41) is 21.5. The van der Waals surface area contributed by atoms with Gasteiger partial charge in [0.2, 0.25) is 0 Å². The van der Waals surface area contributed by atoms with Gasteiger partial charge in [0.05, 0.1) is 11.0 Å². The van der Waals surface area contributed by atoms with E-state index in [4.69, 9.17) is 9.90 Å². The van der Waals surface area contributed by atoms with E-state index in [0.29, 0.717) is 6.54 Å². The Kier molecular flexibility index (Phi) is 4.74. The molecule has 114 valence electrons. The molecule has 3 rings (SSSR count). The van der Waals surface area contributed by atoms with E-state index >= 15 is 0 Å². The molecule has 0 unspecified atom stereocenters. The van der Waals surface area contributed by atoms with Gasteiger partial charge in [0.25, 0.3) is 6.47 Å². The van der Waals surface area contributed by atoms with Gasteiger partial charge < -0.3 is 20.5 Å². The fourth-order valence-corrected chi connectivity index (χ4v) is 2.71. The quantitative estimate of drug-likeness (QED) is 0.641. The molecule has 7 heteroatoms. The van der Waals surface area contributed by atoms with Crippen LogP contribution in [0.5, 0.6) is 0 Å². The minimum absolute atomic E-state index is 0.250. The summed E-state index contributed by atoms with van der Waals surface area (Å²) in [4.78, 5) is 19.9. The summed E-state index contributed by atoms with van der Waals surface area (Å²) < 4.78 is 0. The topological polar surface area (TPSA) is 111 Å². The molecule has 0 amide bonds. The van der Waals surface area contributed by atoms with Gasteiger partial charge in [0.1, 0.15) is 17.8 Å². The second-order valence-electron chi connectivity index (χ2n) is 5.31. The molecular formula is C14H20N4O3. The highest BCUT2D eigenvalue weighted by molar-refractivity contribution is 5.90. The van der Waals surface area contributed by atoms with E-state index in [9.17, 15) is 5.11 Å². The first-order valence-electron chi connectivity index (χ1n) is 6.92. The van der Waals surface area contributed by atoms with Crippen molar-refractivity contribution >= 4 is 23.3 Å². The van der Waals surface area contributed by atoms with E-state index in [1.54, 1.807) is 6.33 Å². The van der Waals surface area contributed by atoms with Crippen molar-refractivity contribution in [3.05, 3.63) is 18.1 Å². The summed E-state index contributed by atoms with van der Waals surface area (Å²) in [6, 6.07) is 0. The molecule has 0 bridgehead atoms. The van der Waals surface area contributed by atoms with E-state index < -0.39 is 5.60 Å². The maximum atomic E-state index is 10.3. The average molecular weight is 292 g/mol. The van der Waals surface area contributed by atoms with Crippen LogP contribution < -0.4 is 5.32 Å². The number of aromatic nitrogens is 3. The Bertz CT molecular complexity index is 605. The van der Waals surface area contributed by atoms with Crippen LogP contribution in [-0.2, 0) is 4.79 Å². The summed E-state index contributed by atoms with van der Waals surface area (Å²) in [7, 11) is 0. The molecule has 4 N–H and O–H groups in total. The number of carboxylic acid groups (broad SMARTS) is 1. The Morgan fingerprint density at radius 2 is 2.10 bits per heavy atom. The number of hydrogen-bond acceptors (Lipinski definition) is 5. The van der Waals surface area contributed by atoms with Crippen molar-refractivity contribution in [3.63, 3.8) is 0 Å². The molecule has 2 heterocycles. The van der Waals surface area contributed by atoms with Crippen molar-refractivity contribution in [2.45, 2.75) is 38.2 Å². The highest BCUT2D eigenvalue weighted by atomic mass is 16.3. The van der Waals surface area contributed by atoms with Crippen molar-refractivity contribution in [1.29, 1.82) is 0 Å². The Labute approximate surface area is 122 Å². The van der Waals surface area contributed by atoms with Crippen molar-refractivity contribution in [2.75, 3.05) is 11.9 Å². The zero-order chi connectivity index (χ0) is 15.3. The van der Waals surface area contributed by atoms with Gasteiger partial charge in [-0.05, 0) is 25.3 Å². The predicted octanol–water partition coefficient (Wildman–Crippen LogP) is 1.68. The molecule has 21 heavy (non-hydrogen) atoms. The normalized spacial score (nSPS) is 16.3. The van der Waals surface area contributed by atoms with Crippen LogP contribution in [0.2, 0.25) is 0 Å². The molecule has 0 saturated heterocycles. The molecule has 1 fully saturated rings. The molecule has 0 radical (unpaired) electrons. The molecule has 1 saturated carbocycles. The average Bonchev–Trinajstić information content (AvgIpc) is 3.06. The number of rotatable bonds is 3. The summed E-state index contributed by atoms with van der Waals surface area (Å²) in [6.07, 6.45) is 7.44. The molecule has 0 aromatic carbocycles. The second-order valence-corrected chi connectivity index (χ2v) is 5.31. The molecule has 0 atom stereocenters. The fourth-order valence-electron chi connectivity index (χ4n) is 2.71. The van der Waals surface area contributed by atoms with Gasteiger partial charge in [0, 0.05) is 12.7 Å². The number of anilines is 1. The Morgan fingerprint density at radius 3 is 2.76 bits per heavy atom. The highest BCUT2D eigenvalue weighted by Crippen LogP contribution is 2.30. The van der Waals surface area contributed by atoms with Crippen molar-refractivity contribution < 1.29 is 15.0 Å². The summed E-state index contributed by atoms with van der Waals surface area (Å²) in [5.41, 5.74) is 1.39. The molecule has 1 aliphatic carbocycles. The minimum Gasteiger partial charge on any atom is -0.483 e. The van der Waals surface area contributed by atoms with Crippen molar-refractivity contribution in [2.24, 2.45) is 0 Å². The van der Waals surface area contributed by atoms with E-state index in [0.717, 1.165) is 48.1 Å². The summed E-state index contributed by atoms with van der Waals surface area (Å²) >= 11 is 0. The number of fused-ring (bicyclic) bond motifs is 1. The van der Waals surface area contributed by atoms with Gasteiger partial charge in [-0.25, -0.2) is 9.97 Å². The number of nitrogens with zero attached hydrogens (tertiary/aromatic N) is 2. The lowest BCUT2D eigenvalue weighted by molar-refractivity contribution is -0.122. The van der Waals surface area contributed by atoms with E-state index in [-0.39, 0.29) is 6.47 Å². The number of H-pyrrole nitrogens is 1. The van der Waals surface area contributed by atoms with E-state index in [1.165, 1.54) is 0 Å². The number of aryl methyl sites for hydroxylation is 1. The summed E-state index contributed by atoms with van der Waals surface area (Å²) in [5.74, 6) is 0.805. The molecule has 0 aliphatic heterocycles. The smallest absolute Gasteiger partial charge is 0.290 e. The van der Waals surface area contributed by atoms with Crippen LogP contribution in [0, 0.1) is 6.92 Å². The zero-order valence-electron chi connectivity index (χ0n) is 12.0. The van der Waals surface area contributed by atoms with Crippen LogP contribution >= 0.6 is 0 Å². The third kappa shape index (κ3) is 3.49. The van der Waals surface area contributed by atoms with E-state index in [2.05, 4.69) is 20.3 Å². The molecule has 7 nitrogen and oxygen atoms in total. The van der Waals surface area contributed by atoms with Gasteiger partial charge in [-0.1, -0.05) is 12.8 Å². The zero-order valence-corrected chi connectivity index (χ0v) is 12.0. The first-order chi connectivity index (χ1) is 10.1. The van der Waals surface area contributed by atoms with Gasteiger partial charge in [-0.3, -0.25) is 4.79 Å². The lowest BCUT2D eigenvalue weighted by atomic mass is 10.0. The van der Waals surface area contributed by atoms with Crippen molar-refractivity contribution in [3.8, 4) is 0 Å². The molecule has 1 aliphatic rings. The highest BCUT2D eigenvalue weighted by Gasteiger charge is 2.31. The summed E-state index contributed by atoms with van der Waals surface area (Å²) in [6.45, 7) is 2.33. The van der Waals surface area contributed by atoms with Crippen LogP contribution in [0.15, 0.2) is 12.5 Å². The standard InChI is InChI=1S/C13H18N4O.CH2O2/c1-9-6-14-11-10(9)12(17-8-16-11)15-7-13(18)4-2-3-5-13;2-1-3/h6,8,18H,2-5,7H2,1H3,(H2,14,15,16,17);1H,(H,2,3). The Morgan fingerprint density at radius 1 is 1.43 bits per heavy atom. The third-order valence-corrected chi connectivity index (χ3v) is 3.79. The molecule has 2 aromatic rings. The lowest BCUT2D eigenvalue weighted by Crippen LogP contribution is -2.33. The predicted molar refractivity (Wildman–Crippen MR) is 79.2 cm³/mol. The largest absolute Gasteiger partial charge is 0.483 e. The van der Waals surface area contributed by atoms with Crippen molar-refractivity contribution in [1.82, 2.24) is 15.0 Å². The van der Waals surface area contributed by atoms with Crippen LogP contribution in [0.25, 0.3) is 11.0 Å². The van der Waals surface area contributed by atoms with Crippen LogP contribution in [0.4, 0.5) is 5.82 Å². The fraction of sp³-hybridized carbons (Fsp3) is 0.500. The number of carbonyl (C=O) groups is 1. The SMILES string of the molecule is Cc1c[nH]c2ncnc(NCC3(O)CCCC3)c12.O=CO. The van der Waals surface area contributed by atoms with Crippen LogP contribution in [0.1, 0.15) is 31.2 Å². The van der Waals surface area contributed by atoms with Gasteiger partial charge in [-0.15, -0.1) is 0 Å². The van der Waals surface area contributed by atoms with Crippen LogP contribution in [0.3, 0.4) is 0 Å². The van der Waals surface area contributed by atoms with Gasteiger partial charge in [0.15, 0.2) is 0 Å². The Balaban J connectivity index is 0.000000497. The first kappa shape index (κ1) is 15.2. The van der Waals surface area contributed by atoms with Gasteiger partial charge >= 0.3 is 0 Å². The molecule has 2 aromatic heterocycles. The number of aromatic amines is 1. The monoisotopic (exact) mass is 292 g/mol. The minimum atomic E-state index is -0.568. The lowest BCUT2D eigenvalue weighted by Gasteiger charge is -2.22. The van der Waals surface area contributed by atoms with Crippen LogP contribution in [-0.4, -0.2) is 43.8 Å². The maximum absolute atomic E-state index is 10.3. The first-order valence-corrected chi connectivity index (χ1v) is 6.92. The second kappa shape index (κ2) is 6.53. The number of aliphatic hydroxyl groups is 1. The van der Waals surface area contributed by atoms with Gasteiger partial charge in [-0.2, -0.15) is 0 Å². The number of hydrogen-bond donors (Lipinski definition) is 4. The Hall–Kier alpha value is -2.15. The third-order valence-electron chi connectivity index (χ3n) is 3.79. The molecule has 0 spiro atoms. The van der Waals surface area contributed by atoms with E-state index in [1.807, 2.05) is 13.1 Å². The molecular weight excluding hydrogens is 272 g/mol. The number of nitrogens with one attached hydrogen (secondary N) is 2.